The highest BCUT2D eigenvalue weighted by Gasteiger charge is 2.12. The van der Waals surface area contributed by atoms with E-state index in [0.717, 1.165) is 31.7 Å². The third-order valence-corrected chi connectivity index (χ3v) is 3.39. The Morgan fingerprint density at radius 3 is 2.57 bits per heavy atom. The zero-order valence-corrected chi connectivity index (χ0v) is 14.1. The van der Waals surface area contributed by atoms with E-state index in [4.69, 9.17) is 25.8 Å². The zero-order valence-electron chi connectivity index (χ0n) is 13.4. The maximum absolute atomic E-state index is 6.32. The molecular formula is C16H26ClNO3. The molecule has 1 N–H and O–H groups in total. The Morgan fingerprint density at radius 1 is 1.19 bits per heavy atom. The number of hydrogen-bond acceptors (Lipinski definition) is 4. The summed E-state index contributed by atoms with van der Waals surface area (Å²) in [6.45, 7) is 7.49. The summed E-state index contributed by atoms with van der Waals surface area (Å²) in [5.41, 5.74) is 0.998. The Labute approximate surface area is 132 Å². The minimum absolute atomic E-state index is 0.582. The van der Waals surface area contributed by atoms with Crippen LogP contribution in [-0.2, 0) is 11.3 Å². The second-order valence-electron chi connectivity index (χ2n) is 5.27. The Bertz CT molecular complexity index is 424. The van der Waals surface area contributed by atoms with E-state index < -0.39 is 0 Å². The van der Waals surface area contributed by atoms with Crippen molar-refractivity contribution in [3.8, 4) is 11.5 Å². The van der Waals surface area contributed by atoms with Crippen LogP contribution in [0.5, 0.6) is 11.5 Å². The summed E-state index contributed by atoms with van der Waals surface area (Å²) in [6, 6.07) is 3.82. The number of methoxy groups -OCH3 is 2. The van der Waals surface area contributed by atoms with Crippen LogP contribution in [0.3, 0.4) is 0 Å². The lowest BCUT2D eigenvalue weighted by Crippen LogP contribution is -2.17. The largest absolute Gasteiger partial charge is 0.493 e. The average Bonchev–Trinajstić information content (AvgIpc) is 2.46. The molecule has 0 amide bonds. The van der Waals surface area contributed by atoms with Crippen LogP contribution in [-0.4, -0.2) is 34.0 Å². The van der Waals surface area contributed by atoms with E-state index in [1.807, 2.05) is 12.1 Å². The number of nitrogens with one attached hydrogen (secondary N) is 1. The van der Waals surface area contributed by atoms with Gasteiger partial charge in [0.1, 0.15) is 0 Å². The fraction of sp³-hybridized carbons (Fsp3) is 0.625. The van der Waals surface area contributed by atoms with Gasteiger partial charge in [0.05, 0.1) is 19.2 Å². The van der Waals surface area contributed by atoms with Crippen molar-refractivity contribution in [2.24, 2.45) is 5.92 Å². The van der Waals surface area contributed by atoms with E-state index >= 15 is 0 Å². The van der Waals surface area contributed by atoms with Gasteiger partial charge in [0.15, 0.2) is 11.5 Å². The van der Waals surface area contributed by atoms with Gasteiger partial charge in [0.25, 0.3) is 0 Å². The summed E-state index contributed by atoms with van der Waals surface area (Å²) in [4.78, 5) is 0. The number of ether oxygens (including phenoxy) is 3. The third kappa shape index (κ3) is 6.12. The quantitative estimate of drug-likeness (QED) is 0.671. The first-order chi connectivity index (χ1) is 10.1. The molecule has 0 saturated heterocycles. The number of benzene rings is 1. The maximum Gasteiger partial charge on any atom is 0.179 e. The van der Waals surface area contributed by atoms with Crippen LogP contribution in [0.1, 0.15) is 25.8 Å². The molecule has 0 aliphatic carbocycles. The van der Waals surface area contributed by atoms with Gasteiger partial charge in [-0.15, -0.1) is 0 Å². The summed E-state index contributed by atoms with van der Waals surface area (Å²) in [6.07, 6.45) is 0.984. The predicted molar refractivity (Wildman–Crippen MR) is 86.5 cm³/mol. The van der Waals surface area contributed by atoms with Gasteiger partial charge in [-0.3, -0.25) is 0 Å². The molecule has 4 nitrogen and oxygen atoms in total. The number of rotatable bonds is 10. The summed E-state index contributed by atoms with van der Waals surface area (Å²) in [5.74, 6) is 1.82. The molecule has 1 aromatic carbocycles. The van der Waals surface area contributed by atoms with Crippen LogP contribution in [0, 0.1) is 5.92 Å². The molecule has 5 heteroatoms. The Balaban J connectivity index is 2.35. The van der Waals surface area contributed by atoms with Crippen molar-refractivity contribution < 1.29 is 14.2 Å². The van der Waals surface area contributed by atoms with E-state index in [0.29, 0.717) is 29.0 Å². The molecule has 1 rings (SSSR count). The fourth-order valence-electron chi connectivity index (χ4n) is 1.91. The van der Waals surface area contributed by atoms with Gasteiger partial charge >= 0.3 is 0 Å². The highest BCUT2D eigenvalue weighted by atomic mass is 35.5. The highest BCUT2D eigenvalue weighted by Crippen LogP contribution is 2.37. The SMILES string of the molecule is COc1ccc(CNCCCOCC(C)C)c(Cl)c1OC. The van der Waals surface area contributed by atoms with Gasteiger partial charge in [-0.2, -0.15) is 0 Å². The Hall–Kier alpha value is -0.970. The Kier molecular flexibility index (Phi) is 8.50. The minimum atomic E-state index is 0.582. The van der Waals surface area contributed by atoms with Gasteiger partial charge in [-0.1, -0.05) is 31.5 Å². The van der Waals surface area contributed by atoms with Gasteiger partial charge < -0.3 is 19.5 Å². The molecule has 0 radical (unpaired) electrons. The normalized spacial score (nSPS) is 11.0. The Morgan fingerprint density at radius 2 is 1.95 bits per heavy atom. The standard InChI is InChI=1S/C16H26ClNO3/c1-12(2)11-21-9-5-8-18-10-13-6-7-14(19-3)16(20-4)15(13)17/h6-7,12,18H,5,8-11H2,1-4H3. The smallest absolute Gasteiger partial charge is 0.179 e. The molecule has 0 bridgehead atoms. The van der Waals surface area contributed by atoms with Crippen molar-refractivity contribution >= 4 is 11.6 Å². The van der Waals surface area contributed by atoms with Crippen LogP contribution in [0.15, 0.2) is 12.1 Å². The molecule has 0 saturated carbocycles. The monoisotopic (exact) mass is 315 g/mol. The van der Waals surface area contributed by atoms with E-state index in [1.54, 1.807) is 14.2 Å². The lowest BCUT2D eigenvalue weighted by atomic mass is 10.2. The molecule has 1 aromatic rings. The van der Waals surface area contributed by atoms with Gasteiger partial charge in [0.2, 0.25) is 0 Å². The van der Waals surface area contributed by atoms with Gasteiger partial charge in [0, 0.05) is 19.8 Å². The summed E-state index contributed by atoms with van der Waals surface area (Å²) in [5, 5.41) is 3.96. The van der Waals surface area contributed by atoms with Crippen LogP contribution in [0.2, 0.25) is 5.02 Å². The summed E-state index contributed by atoms with van der Waals surface area (Å²) < 4.78 is 16.0. The molecule has 0 fully saturated rings. The van der Waals surface area contributed by atoms with E-state index in [-0.39, 0.29) is 0 Å². The predicted octanol–water partition coefficient (Wildman–Crippen LogP) is 3.51. The first-order valence-corrected chi connectivity index (χ1v) is 7.65. The van der Waals surface area contributed by atoms with E-state index in [2.05, 4.69) is 19.2 Å². The van der Waals surface area contributed by atoms with Crippen molar-refractivity contribution in [2.75, 3.05) is 34.0 Å². The molecule has 0 aliphatic rings. The van der Waals surface area contributed by atoms with Crippen molar-refractivity contribution in [3.05, 3.63) is 22.7 Å². The van der Waals surface area contributed by atoms with Crippen molar-refractivity contribution in [1.29, 1.82) is 0 Å². The number of halogens is 1. The van der Waals surface area contributed by atoms with Crippen LogP contribution in [0.25, 0.3) is 0 Å². The first kappa shape index (κ1) is 18.1. The third-order valence-electron chi connectivity index (χ3n) is 2.97. The van der Waals surface area contributed by atoms with E-state index in [1.165, 1.54) is 0 Å². The zero-order chi connectivity index (χ0) is 15.7. The summed E-state index contributed by atoms with van der Waals surface area (Å²) in [7, 11) is 3.19. The molecule has 0 aliphatic heterocycles. The second-order valence-corrected chi connectivity index (χ2v) is 5.65. The minimum Gasteiger partial charge on any atom is -0.493 e. The lowest BCUT2D eigenvalue weighted by Gasteiger charge is -2.13. The van der Waals surface area contributed by atoms with Gasteiger partial charge in [-0.25, -0.2) is 0 Å². The first-order valence-electron chi connectivity index (χ1n) is 7.28. The molecule has 0 unspecified atom stereocenters. The molecule has 0 spiro atoms. The molecule has 120 valence electrons. The summed E-state index contributed by atoms with van der Waals surface area (Å²) >= 11 is 6.32. The van der Waals surface area contributed by atoms with Crippen LogP contribution >= 0.6 is 11.6 Å². The van der Waals surface area contributed by atoms with Crippen molar-refractivity contribution in [2.45, 2.75) is 26.8 Å². The molecule has 0 atom stereocenters. The lowest BCUT2D eigenvalue weighted by molar-refractivity contribution is 0.108. The van der Waals surface area contributed by atoms with E-state index in [9.17, 15) is 0 Å². The molecule has 0 aromatic heterocycles. The van der Waals surface area contributed by atoms with Crippen LogP contribution < -0.4 is 14.8 Å². The van der Waals surface area contributed by atoms with Crippen LogP contribution in [0.4, 0.5) is 0 Å². The topological polar surface area (TPSA) is 39.7 Å². The number of hydrogen-bond donors (Lipinski definition) is 1. The molecule has 0 heterocycles. The molecule has 21 heavy (non-hydrogen) atoms. The maximum atomic E-state index is 6.32. The van der Waals surface area contributed by atoms with Gasteiger partial charge in [-0.05, 0) is 30.5 Å². The molecular weight excluding hydrogens is 290 g/mol. The second kappa shape index (κ2) is 9.87. The fourth-order valence-corrected chi connectivity index (χ4v) is 2.21. The van der Waals surface area contributed by atoms with Crippen molar-refractivity contribution in [3.63, 3.8) is 0 Å². The highest BCUT2D eigenvalue weighted by molar-refractivity contribution is 6.33. The average molecular weight is 316 g/mol. The van der Waals surface area contributed by atoms with Crippen molar-refractivity contribution in [1.82, 2.24) is 5.32 Å².